The normalized spacial score (nSPS) is 9.62. The van der Waals surface area contributed by atoms with Gasteiger partial charge in [-0.05, 0) is 26.1 Å². The summed E-state index contributed by atoms with van der Waals surface area (Å²) < 4.78 is 0. The Bertz CT molecular complexity index is 377. The molecule has 0 fully saturated rings. The summed E-state index contributed by atoms with van der Waals surface area (Å²) in [5.41, 5.74) is 5.88. The first-order valence-electron chi connectivity index (χ1n) is 4.85. The largest absolute Gasteiger partial charge is 0.362 e. The van der Waals surface area contributed by atoms with Crippen molar-refractivity contribution in [2.75, 3.05) is 6.54 Å². The number of hydrazine groups is 1. The van der Waals surface area contributed by atoms with Crippen molar-refractivity contribution < 1.29 is 4.79 Å². The van der Waals surface area contributed by atoms with Gasteiger partial charge in [0.25, 0.3) is 0 Å². The predicted molar refractivity (Wildman–Crippen MR) is 68.1 cm³/mol. The van der Waals surface area contributed by atoms with Crippen LogP contribution in [0.15, 0.2) is 5.38 Å². The van der Waals surface area contributed by atoms with Gasteiger partial charge >= 0.3 is 0 Å². The lowest BCUT2D eigenvalue weighted by Crippen LogP contribution is -2.47. The van der Waals surface area contributed by atoms with Crippen molar-refractivity contribution in [3.63, 3.8) is 0 Å². The number of carbonyl (C=O) groups excluding carboxylic acids is 1. The minimum Gasteiger partial charge on any atom is -0.362 e. The summed E-state index contributed by atoms with van der Waals surface area (Å²) >= 11 is 6.42. The molecule has 0 spiro atoms. The molecule has 1 amide bonds. The Morgan fingerprint density at radius 1 is 1.56 bits per heavy atom. The van der Waals surface area contributed by atoms with E-state index in [9.17, 15) is 4.79 Å². The van der Waals surface area contributed by atoms with Crippen LogP contribution in [0.5, 0.6) is 0 Å². The van der Waals surface area contributed by atoms with Crippen molar-refractivity contribution >= 4 is 34.6 Å². The van der Waals surface area contributed by atoms with Crippen LogP contribution in [0, 0.1) is 6.92 Å². The third-order valence-electron chi connectivity index (χ3n) is 1.66. The van der Waals surface area contributed by atoms with Gasteiger partial charge in [0.2, 0.25) is 5.91 Å². The maximum atomic E-state index is 11.4. The molecule has 0 radical (unpaired) electrons. The maximum absolute atomic E-state index is 11.4. The summed E-state index contributed by atoms with van der Waals surface area (Å²) in [6, 6.07) is 0. The van der Waals surface area contributed by atoms with Crippen LogP contribution in [0.2, 0.25) is 0 Å². The summed E-state index contributed by atoms with van der Waals surface area (Å²) in [6.07, 6.45) is 0.256. The summed E-state index contributed by atoms with van der Waals surface area (Å²) in [7, 11) is 0. The molecule has 1 heterocycles. The first kappa shape index (κ1) is 12.9. The molecule has 5 nitrogen and oxygen atoms in total. The van der Waals surface area contributed by atoms with E-state index in [4.69, 9.17) is 12.2 Å². The van der Waals surface area contributed by atoms with Crippen LogP contribution in [-0.4, -0.2) is 22.5 Å². The number of amides is 1. The molecule has 0 aliphatic carbocycles. The minimum absolute atomic E-state index is 0.162. The monoisotopic (exact) mass is 258 g/mol. The number of nitrogens with zero attached hydrogens (tertiary/aromatic N) is 1. The average molecular weight is 258 g/mol. The smallest absolute Gasteiger partial charge is 0.244 e. The van der Waals surface area contributed by atoms with E-state index >= 15 is 0 Å². The van der Waals surface area contributed by atoms with Gasteiger partial charge in [-0.3, -0.25) is 15.6 Å². The Balaban J connectivity index is 2.28. The van der Waals surface area contributed by atoms with E-state index in [1.807, 2.05) is 19.2 Å². The molecular formula is C9H14N4OS2. The van der Waals surface area contributed by atoms with Crippen LogP contribution in [0.1, 0.15) is 17.6 Å². The first-order chi connectivity index (χ1) is 7.61. The fraction of sp³-hybridized carbons (Fsp3) is 0.444. The van der Waals surface area contributed by atoms with Crippen LogP contribution >= 0.6 is 23.6 Å². The first-order valence-corrected chi connectivity index (χ1v) is 6.14. The Kier molecular flexibility index (Phi) is 5.13. The highest BCUT2D eigenvalue weighted by molar-refractivity contribution is 7.80. The van der Waals surface area contributed by atoms with Crippen LogP contribution in [0.25, 0.3) is 0 Å². The Hall–Kier alpha value is -1.21. The second-order valence-corrected chi connectivity index (χ2v) is 4.54. The molecule has 0 unspecified atom stereocenters. The highest BCUT2D eigenvalue weighted by atomic mass is 32.1. The van der Waals surface area contributed by atoms with Crippen molar-refractivity contribution in [3.05, 3.63) is 16.1 Å². The molecule has 0 bridgehead atoms. The van der Waals surface area contributed by atoms with E-state index in [0.717, 1.165) is 10.7 Å². The highest BCUT2D eigenvalue weighted by Crippen LogP contribution is 2.07. The number of hydrogen-bond donors (Lipinski definition) is 3. The van der Waals surface area contributed by atoms with E-state index in [1.54, 1.807) is 0 Å². The zero-order chi connectivity index (χ0) is 12.0. The molecule has 7 heteroatoms. The standard InChI is InChI=1S/C9H14N4OS2/c1-3-10-9(15)13-12-8(14)4-7-5-16-6(2)11-7/h5H,3-4H2,1-2H3,(H,12,14)(H2,10,13,15). The fourth-order valence-corrected chi connectivity index (χ4v) is 1.84. The number of hydrogen-bond acceptors (Lipinski definition) is 4. The third-order valence-corrected chi connectivity index (χ3v) is 2.73. The van der Waals surface area contributed by atoms with Gasteiger partial charge in [0, 0.05) is 11.9 Å². The highest BCUT2D eigenvalue weighted by Gasteiger charge is 2.06. The average Bonchev–Trinajstić information content (AvgIpc) is 2.61. The SMILES string of the molecule is CCNC(=S)NNC(=O)Cc1csc(C)n1. The number of thiazole rings is 1. The van der Waals surface area contributed by atoms with E-state index in [2.05, 4.69) is 21.2 Å². The number of rotatable bonds is 3. The van der Waals surface area contributed by atoms with Crippen molar-refractivity contribution in [1.29, 1.82) is 0 Å². The molecule has 0 saturated heterocycles. The van der Waals surface area contributed by atoms with E-state index in [0.29, 0.717) is 11.7 Å². The van der Waals surface area contributed by atoms with Gasteiger partial charge < -0.3 is 5.32 Å². The molecular weight excluding hydrogens is 244 g/mol. The Morgan fingerprint density at radius 3 is 2.88 bits per heavy atom. The van der Waals surface area contributed by atoms with Crippen molar-refractivity contribution in [2.24, 2.45) is 0 Å². The van der Waals surface area contributed by atoms with Gasteiger partial charge in [0.05, 0.1) is 17.1 Å². The molecule has 0 aromatic carbocycles. The molecule has 0 saturated carbocycles. The van der Waals surface area contributed by atoms with E-state index in [-0.39, 0.29) is 12.3 Å². The summed E-state index contributed by atoms with van der Waals surface area (Å²) in [4.78, 5) is 15.6. The molecule has 1 aromatic heterocycles. The number of carbonyl (C=O) groups is 1. The van der Waals surface area contributed by atoms with Crippen LogP contribution in [0.4, 0.5) is 0 Å². The number of thiocarbonyl (C=S) groups is 1. The number of aromatic nitrogens is 1. The predicted octanol–water partition coefficient (Wildman–Crippen LogP) is 0.509. The molecule has 16 heavy (non-hydrogen) atoms. The molecule has 3 N–H and O–H groups in total. The summed E-state index contributed by atoms with van der Waals surface area (Å²) in [6.45, 7) is 4.55. The van der Waals surface area contributed by atoms with Gasteiger partial charge in [0.15, 0.2) is 5.11 Å². The lowest BCUT2D eigenvalue weighted by Gasteiger charge is -2.09. The Morgan fingerprint density at radius 2 is 2.31 bits per heavy atom. The third kappa shape index (κ3) is 4.54. The van der Waals surface area contributed by atoms with Crippen LogP contribution in [0.3, 0.4) is 0 Å². The molecule has 88 valence electrons. The zero-order valence-corrected chi connectivity index (χ0v) is 10.8. The lowest BCUT2D eigenvalue weighted by atomic mass is 10.3. The zero-order valence-electron chi connectivity index (χ0n) is 9.16. The van der Waals surface area contributed by atoms with Crippen molar-refractivity contribution in [1.82, 2.24) is 21.2 Å². The van der Waals surface area contributed by atoms with Gasteiger partial charge in [0.1, 0.15) is 0 Å². The van der Waals surface area contributed by atoms with Crippen molar-refractivity contribution in [2.45, 2.75) is 20.3 Å². The topological polar surface area (TPSA) is 66.0 Å². The number of aryl methyl sites for hydroxylation is 1. The summed E-state index contributed by atoms with van der Waals surface area (Å²) in [5.74, 6) is -0.162. The van der Waals surface area contributed by atoms with Crippen molar-refractivity contribution in [3.8, 4) is 0 Å². The Labute approximate surface area is 104 Å². The van der Waals surface area contributed by atoms with Gasteiger partial charge in [-0.1, -0.05) is 0 Å². The van der Waals surface area contributed by atoms with E-state index < -0.39 is 0 Å². The molecule has 0 atom stereocenters. The second kappa shape index (κ2) is 6.39. The molecule has 1 rings (SSSR count). The van der Waals surface area contributed by atoms with Gasteiger partial charge in [-0.25, -0.2) is 4.98 Å². The van der Waals surface area contributed by atoms with Crippen LogP contribution in [-0.2, 0) is 11.2 Å². The van der Waals surface area contributed by atoms with Gasteiger partial charge in [-0.2, -0.15) is 0 Å². The molecule has 0 aliphatic heterocycles. The van der Waals surface area contributed by atoms with E-state index in [1.165, 1.54) is 11.3 Å². The molecule has 0 aliphatic rings. The van der Waals surface area contributed by atoms with Gasteiger partial charge in [-0.15, -0.1) is 11.3 Å². The maximum Gasteiger partial charge on any atom is 0.244 e. The molecule has 1 aromatic rings. The summed E-state index contributed by atoms with van der Waals surface area (Å²) in [5, 5.41) is 6.10. The minimum atomic E-state index is -0.162. The number of nitrogens with one attached hydrogen (secondary N) is 3. The quantitative estimate of drug-likeness (QED) is 0.544. The fourth-order valence-electron chi connectivity index (χ4n) is 1.03. The van der Waals surface area contributed by atoms with Crippen LogP contribution < -0.4 is 16.2 Å². The second-order valence-electron chi connectivity index (χ2n) is 3.07. The lowest BCUT2D eigenvalue weighted by molar-refractivity contribution is -0.121.